The monoisotopic (exact) mass is 230 g/mol. The molecule has 1 heteroatoms. The second-order valence-electron chi connectivity index (χ2n) is 5.47. The van der Waals surface area contributed by atoms with Crippen LogP contribution in [-0.2, 0) is 6.42 Å². The molecule has 0 radical (unpaired) electrons. The molecule has 1 aliphatic carbocycles. The Morgan fingerprint density at radius 1 is 1.24 bits per heavy atom. The highest BCUT2D eigenvalue weighted by molar-refractivity contribution is 5.27. The molecule has 0 saturated heterocycles. The molecule has 0 aliphatic heterocycles. The van der Waals surface area contributed by atoms with Crippen molar-refractivity contribution in [2.45, 2.75) is 51.0 Å². The Morgan fingerprint density at radius 3 is 2.47 bits per heavy atom. The zero-order valence-corrected chi connectivity index (χ0v) is 10.8. The van der Waals surface area contributed by atoms with Crippen molar-refractivity contribution in [2.75, 3.05) is 0 Å². The predicted molar refractivity (Wildman–Crippen MR) is 72.2 cm³/mol. The lowest BCUT2D eigenvalue weighted by Gasteiger charge is -2.27. The summed E-state index contributed by atoms with van der Waals surface area (Å²) in [5.41, 5.74) is 1.97. The van der Waals surface area contributed by atoms with Crippen LogP contribution in [0, 0.1) is 0 Å². The molecule has 0 fully saturated rings. The minimum atomic E-state index is -0.613. The maximum Gasteiger partial charge on any atom is 0.0867 e. The molecule has 0 bridgehead atoms. The van der Waals surface area contributed by atoms with E-state index in [1.165, 1.54) is 11.1 Å². The zero-order valence-electron chi connectivity index (χ0n) is 10.8. The van der Waals surface area contributed by atoms with Crippen LogP contribution in [0.2, 0.25) is 0 Å². The van der Waals surface area contributed by atoms with Gasteiger partial charge in [0.1, 0.15) is 0 Å². The maximum atomic E-state index is 10.4. The van der Waals surface area contributed by atoms with E-state index in [0.29, 0.717) is 5.92 Å². The molecule has 1 atom stereocenters. The molecule has 1 unspecified atom stereocenters. The van der Waals surface area contributed by atoms with Gasteiger partial charge in [-0.15, -0.1) is 0 Å². The summed E-state index contributed by atoms with van der Waals surface area (Å²) in [6.45, 7) is 4.40. The summed E-state index contributed by atoms with van der Waals surface area (Å²) in [5.74, 6) is 0.571. The third kappa shape index (κ3) is 3.19. The van der Waals surface area contributed by atoms with E-state index in [4.69, 9.17) is 0 Å². The molecule has 0 spiro atoms. The lowest BCUT2D eigenvalue weighted by Crippen LogP contribution is -2.30. The molecule has 1 N–H and O–H groups in total. The van der Waals surface area contributed by atoms with E-state index >= 15 is 0 Å². The fourth-order valence-corrected chi connectivity index (χ4v) is 2.43. The summed E-state index contributed by atoms with van der Waals surface area (Å²) in [6, 6.07) is 8.65. The topological polar surface area (TPSA) is 20.2 Å². The zero-order chi connectivity index (χ0) is 12.3. The molecule has 92 valence electrons. The average molecular weight is 230 g/mol. The van der Waals surface area contributed by atoms with Gasteiger partial charge in [-0.2, -0.15) is 0 Å². The van der Waals surface area contributed by atoms with Gasteiger partial charge in [0.25, 0.3) is 0 Å². The van der Waals surface area contributed by atoms with Crippen molar-refractivity contribution >= 4 is 0 Å². The van der Waals surface area contributed by atoms with Crippen molar-refractivity contribution in [3.8, 4) is 0 Å². The Balaban J connectivity index is 2.08. The van der Waals surface area contributed by atoms with Crippen LogP contribution in [0.25, 0.3) is 0 Å². The highest BCUT2D eigenvalue weighted by Gasteiger charge is 2.25. The Labute approximate surface area is 104 Å². The van der Waals surface area contributed by atoms with Crippen LogP contribution in [0.15, 0.2) is 36.4 Å². The minimum absolute atomic E-state index is 0.571. The van der Waals surface area contributed by atoms with Crippen molar-refractivity contribution < 1.29 is 5.11 Å². The summed E-state index contributed by atoms with van der Waals surface area (Å²) in [6.07, 6.45) is 7.90. The number of rotatable bonds is 3. The second kappa shape index (κ2) is 5.05. The van der Waals surface area contributed by atoms with Gasteiger partial charge in [0, 0.05) is 6.42 Å². The number of allylic oxidation sites excluding steroid dienone is 1. The Kier molecular flexibility index (Phi) is 3.68. The summed E-state index contributed by atoms with van der Waals surface area (Å²) >= 11 is 0. The standard InChI is InChI=1S/C16H22O/c1-13(2)15-8-6-14(7-9-15)12-16(17)10-4-3-5-11-16/h4,6-10,13,17H,3,5,11-12H2,1-2H3. The first-order chi connectivity index (χ1) is 8.09. The van der Waals surface area contributed by atoms with E-state index in [0.717, 1.165) is 25.7 Å². The van der Waals surface area contributed by atoms with Gasteiger partial charge in [0.15, 0.2) is 0 Å². The van der Waals surface area contributed by atoms with Crippen LogP contribution in [0.1, 0.15) is 50.2 Å². The van der Waals surface area contributed by atoms with Gasteiger partial charge in [-0.1, -0.05) is 50.3 Å². The minimum Gasteiger partial charge on any atom is -0.385 e. The van der Waals surface area contributed by atoms with E-state index in [1.54, 1.807) is 0 Å². The quantitative estimate of drug-likeness (QED) is 0.783. The van der Waals surface area contributed by atoms with Crippen molar-refractivity contribution in [3.63, 3.8) is 0 Å². The predicted octanol–water partition coefficient (Wildman–Crippen LogP) is 3.82. The molecule has 0 amide bonds. The van der Waals surface area contributed by atoms with Gasteiger partial charge >= 0.3 is 0 Å². The Morgan fingerprint density at radius 2 is 1.94 bits per heavy atom. The first-order valence-corrected chi connectivity index (χ1v) is 6.58. The van der Waals surface area contributed by atoms with E-state index in [1.807, 2.05) is 6.08 Å². The summed E-state index contributed by atoms with van der Waals surface area (Å²) in [5, 5.41) is 10.4. The number of hydrogen-bond donors (Lipinski definition) is 1. The molecule has 2 rings (SSSR count). The van der Waals surface area contributed by atoms with Crippen LogP contribution in [0.4, 0.5) is 0 Å². The van der Waals surface area contributed by atoms with E-state index in [2.05, 4.69) is 44.2 Å². The molecule has 1 aromatic carbocycles. The van der Waals surface area contributed by atoms with Gasteiger partial charge in [-0.05, 0) is 36.3 Å². The highest BCUT2D eigenvalue weighted by Crippen LogP contribution is 2.26. The maximum absolute atomic E-state index is 10.4. The van der Waals surface area contributed by atoms with Gasteiger partial charge in [0.05, 0.1) is 5.60 Å². The van der Waals surface area contributed by atoms with Crippen molar-refractivity contribution in [3.05, 3.63) is 47.5 Å². The SMILES string of the molecule is CC(C)c1ccc(CC2(O)C=CCCC2)cc1. The fourth-order valence-electron chi connectivity index (χ4n) is 2.43. The smallest absolute Gasteiger partial charge is 0.0867 e. The molecule has 0 saturated carbocycles. The lowest BCUT2D eigenvalue weighted by molar-refractivity contribution is 0.0751. The van der Waals surface area contributed by atoms with Crippen LogP contribution in [-0.4, -0.2) is 10.7 Å². The number of benzene rings is 1. The molecular formula is C16H22O. The molecule has 1 aliphatic rings. The van der Waals surface area contributed by atoms with Crippen LogP contribution >= 0.6 is 0 Å². The van der Waals surface area contributed by atoms with Gasteiger partial charge in [-0.25, -0.2) is 0 Å². The Bertz CT molecular complexity index is 388. The molecule has 17 heavy (non-hydrogen) atoms. The lowest BCUT2D eigenvalue weighted by atomic mass is 9.85. The van der Waals surface area contributed by atoms with Gasteiger partial charge in [0.2, 0.25) is 0 Å². The second-order valence-corrected chi connectivity index (χ2v) is 5.47. The van der Waals surface area contributed by atoms with Crippen LogP contribution in [0.5, 0.6) is 0 Å². The number of aliphatic hydroxyl groups is 1. The molecular weight excluding hydrogens is 208 g/mol. The third-order valence-electron chi connectivity index (χ3n) is 3.57. The Hall–Kier alpha value is -1.08. The van der Waals surface area contributed by atoms with Crippen molar-refractivity contribution in [1.29, 1.82) is 0 Å². The van der Waals surface area contributed by atoms with Crippen molar-refractivity contribution in [1.82, 2.24) is 0 Å². The molecule has 0 aromatic heterocycles. The highest BCUT2D eigenvalue weighted by atomic mass is 16.3. The summed E-state index contributed by atoms with van der Waals surface area (Å²) in [7, 11) is 0. The van der Waals surface area contributed by atoms with E-state index in [9.17, 15) is 5.11 Å². The van der Waals surface area contributed by atoms with Crippen LogP contribution in [0.3, 0.4) is 0 Å². The fraction of sp³-hybridized carbons (Fsp3) is 0.500. The summed E-state index contributed by atoms with van der Waals surface area (Å²) < 4.78 is 0. The van der Waals surface area contributed by atoms with Crippen molar-refractivity contribution in [2.24, 2.45) is 0 Å². The van der Waals surface area contributed by atoms with Crippen LogP contribution < -0.4 is 0 Å². The van der Waals surface area contributed by atoms with E-state index < -0.39 is 5.60 Å². The van der Waals surface area contributed by atoms with E-state index in [-0.39, 0.29) is 0 Å². The van der Waals surface area contributed by atoms with Gasteiger partial charge in [-0.3, -0.25) is 0 Å². The average Bonchev–Trinajstić information content (AvgIpc) is 2.30. The summed E-state index contributed by atoms with van der Waals surface area (Å²) in [4.78, 5) is 0. The first-order valence-electron chi connectivity index (χ1n) is 6.58. The molecule has 1 nitrogen and oxygen atoms in total. The van der Waals surface area contributed by atoms with Gasteiger partial charge < -0.3 is 5.11 Å². The first kappa shape index (κ1) is 12.4. The number of hydrogen-bond acceptors (Lipinski definition) is 1. The molecule has 0 heterocycles. The third-order valence-corrected chi connectivity index (χ3v) is 3.57. The largest absolute Gasteiger partial charge is 0.385 e. The molecule has 1 aromatic rings. The normalized spacial score (nSPS) is 24.2.